The van der Waals surface area contributed by atoms with E-state index in [2.05, 4.69) is 22.8 Å². The van der Waals surface area contributed by atoms with Gasteiger partial charge in [-0.15, -0.1) is 0 Å². The van der Waals surface area contributed by atoms with Crippen LogP contribution in [0.2, 0.25) is 0 Å². The third-order valence-electron chi connectivity index (χ3n) is 6.26. The maximum atomic E-state index is 12.0. The van der Waals surface area contributed by atoms with Crippen molar-refractivity contribution >= 4 is 6.29 Å². The monoisotopic (exact) mass is 403 g/mol. The van der Waals surface area contributed by atoms with E-state index in [-0.39, 0.29) is 11.6 Å². The lowest BCUT2D eigenvalue weighted by Gasteiger charge is -2.57. The molecule has 1 aromatic rings. The number of ether oxygens (including phenoxy) is 2. The fourth-order valence-electron chi connectivity index (χ4n) is 4.90. The minimum absolute atomic E-state index is 0.0263. The van der Waals surface area contributed by atoms with Gasteiger partial charge in [-0.25, -0.2) is 0 Å². The molecule has 158 valence electrons. The predicted molar refractivity (Wildman–Crippen MR) is 107 cm³/mol. The Bertz CT molecular complexity index is 803. The van der Waals surface area contributed by atoms with Crippen LogP contribution in [-0.2, 0) is 20.7 Å². The second-order valence-corrected chi connectivity index (χ2v) is 8.10. The molecule has 3 rings (SSSR count). The number of carbonyl (C=O) groups is 1. The Balaban J connectivity index is 1.91. The number of nitrogens with one attached hydrogen (secondary N) is 2. The molecule has 1 aromatic carbocycles. The number of nitro groups is 1. The molecule has 2 bridgehead atoms. The summed E-state index contributed by atoms with van der Waals surface area (Å²) in [5, 5.41) is 18.5. The molecule has 2 N–H and O–H groups in total. The number of hydrogen-bond acceptors (Lipinski definition) is 7. The molecule has 0 saturated heterocycles. The summed E-state index contributed by atoms with van der Waals surface area (Å²) in [6.07, 6.45) is 2.37. The molecule has 3 atom stereocenters. The Labute approximate surface area is 170 Å². The van der Waals surface area contributed by atoms with Crippen molar-refractivity contribution in [1.29, 1.82) is 0 Å². The third kappa shape index (κ3) is 3.62. The van der Waals surface area contributed by atoms with Crippen molar-refractivity contribution in [3.63, 3.8) is 0 Å². The smallest absolute Gasteiger partial charge is 0.294 e. The molecule has 1 aliphatic carbocycles. The van der Waals surface area contributed by atoms with Crippen LogP contribution in [0.25, 0.3) is 0 Å². The van der Waals surface area contributed by atoms with E-state index in [1.165, 1.54) is 19.8 Å². The lowest BCUT2D eigenvalue weighted by atomic mass is 9.63. The van der Waals surface area contributed by atoms with Crippen LogP contribution < -0.4 is 10.6 Å². The van der Waals surface area contributed by atoms with Crippen LogP contribution in [-0.4, -0.2) is 43.3 Å². The highest BCUT2D eigenvalue weighted by molar-refractivity contribution is 5.55. The highest BCUT2D eigenvalue weighted by atomic mass is 16.7. The number of hydrogen-bond donors (Lipinski definition) is 2. The number of benzene rings is 1. The van der Waals surface area contributed by atoms with E-state index in [4.69, 9.17) is 9.47 Å². The molecule has 1 aliphatic heterocycles. The molecule has 1 saturated carbocycles. The maximum absolute atomic E-state index is 12.0. The summed E-state index contributed by atoms with van der Waals surface area (Å²) >= 11 is 0. The first-order valence-corrected chi connectivity index (χ1v) is 9.82. The van der Waals surface area contributed by atoms with Crippen molar-refractivity contribution in [3.05, 3.63) is 57.0 Å². The zero-order chi connectivity index (χ0) is 21.2. The van der Waals surface area contributed by atoms with Gasteiger partial charge in [0.1, 0.15) is 12.2 Å². The Kier molecular flexibility index (Phi) is 5.95. The molecule has 29 heavy (non-hydrogen) atoms. The Morgan fingerprint density at radius 3 is 2.52 bits per heavy atom. The van der Waals surface area contributed by atoms with Crippen molar-refractivity contribution in [3.8, 4) is 0 Å². The van der Waals surface area contributed by atoms with Crippen molar-refractivity contribution in [2.24, 2.45) is 11.8 Å². The molecule has 2 aliphatic rings. The Morgan fingerprint density at radius 1 is 1.31 bits per heavy atom. The molecule has 0 aromatic heterocycles. The van der Waals surface area contributed by atoms with Gasteiger partial charge in [-0.1, -0.05) is 29.8 Å². The summed E-state index contributed by atoms with van der Waals surface area (Å²) in [6, 6.07) is 8.21. The molecular formula is C21H29N3O5. The highest BCUT2D eigenvalue weighted by Gasteiger charge is 2.66. The average Bonchev–Trinajstić information content (AvgIpc) is 2.68. The Hall–Kier alpha value is -2.45. The number of methoxy groups -OCH3 is 2. The van der Waals surface area contributed by atoms with Gasteiger partial charge in [0.05, 0.1) is 10.5 Å². The van der Waals surface area contributed by atoms with Gasteiger partial charge in [-0.05, 0) is 38.7 Å². The molecule has 8 nitrogen and oxygen atoms in total. The van der Waals surface area contributed by atoms with E-state index in [0.717, 1.165) is 18.3 Å². The predicted octanol–water partition coefficient (Wildman–Crippen LogP) is 2.15. The van der Waals surface area contributed by atoms with Crippen LogP contribution in [0.1, 0.15) is 30.9 Å². The average molecular weight is 403 g/mol. The van der Waals surface area contributed by atoms with E-state index in [0.29, 0.717) is 25.2 Å². The second kappa shape index (κ2) is 8.12. The number of aryl methyl sites for hydroxylation is 1. The van der Waals surface area contributed by atoms with Crippen LogP contribution in [0.5, 0.6) is 0 Å². The van der Waals surface area contributed by atoms with Gasteiger partial charge in [0.15, 0.2) is 5.82 Å². The number of carbonyl (C=O) groups excluding carboxylic acids is 1. The molecule has 8 heteroatoms. The van der Waals surface area contributed by atoms with Crippen molar-refractivity contribution in [2.45, 2.75) is 44.4 Å². The fourth-order valence-corrected chi connectivity index (χ4v) is 4.90. The number of rotatable bonds is 8. The van der Waals surface area contributed by atoms with Crippen molar-refractivity contribution < 1.29 is 19.2 Å². The zero-order valence-corrected chi connectivity index (χ0v) is 17.4. The molecule has 0 amide bonds. The SMILES string of the molecule is COC1(OC)C2CC(C=O)CC1(C)NC(NCCc1ccc(C)cc1)=C2[N+](=O)[O-]. The van der Waals surface area contributed by atoms with Crippen LogP contribution in [0.4, 0.5) is 0 Å². The van der Waals surface area contributed by atoms with E-state index in [9.17, 15) is 14.9 Å². The third-order valence-corrected chi connectivity index (χ3v) is 6.26. The van der Waals surface area contributed by atoms with Gasteiger partial charge >= 0.3 is 0 Å². The normalized spacial score (nSPS) is 27.9. The first-order chi connectivity index (χ1) is 13.8. The van der Waals surface area contributed by atoms with E-state index >= 15 is 0 Å². The summed E-state index contributed by atoms with van der Waals surface area (Å²) in [5.74, 6) is -1.83. The van der Waals surface area contributed by atoms with Gasteiger partial charge in [-0.2, -0.15) is 0 Å². The summed E-state index contributed by atoms with van der Waals surface area (Å²) in [7, 11) is 2.98. The van der Waals surface area contributed by atoms with Crippen LogP contribution in [0.15, 0.2) is 35.8 Å². The standard InChI is InChI=1S/C21H29N3O5/c1-14-5-7-15(8-6-14)9-10-22-19-18(24(26)27)17-11-16(13-25)12-20(2,23-19)21(17,28-3)29-4/h5-8,13,16-17,22-23H,9-12H2,1-4H3. The molecule has 3 unspecified atom stereocenters. The Morgan fingerprint density at radius 2 is 1.97 bits per heavy atom. The minimum Gasteiger partial charge on any atom is -0.366 e. The van der Waals surface area contributed by atoms with Crippen molar-refractivity contribution in [2.75, 3.05) is 20.8 Å². The summed E-state index contributed by atoms with van der Waals surface area (Å²) in [4.78, 5) is 23.1. The van der Waals surface area contributed by atoms with Gasteiger partial charge in [0.25, 0.3) is 5.70 Å². The van der Waals surface area contributed by atoms with Crippen LogP contribution in [0, 0.1) is 28.9 Å². The van der Waals surface area contributed by atoms with Crippen LogP contribution >= 0.6 is 0 Å². The zero-order valence-electron chi connectivity index (χ0n) is 17.4. The number of aldehydes is 1. The molecule has 0 radical (unpaired) electrons. The first-order valence-electron chi connectivity index (χ1n) is 9.82. The lowest BCUT2D eigenvalue weighted by molar-refractivity contribution is -0.456. The molecular weight excluding hydrogens is 374 g/mol. The van der Waals surface area contributed by atoms with E-state index in [1.807, 2.05) is 26.0 Å². The second-order valence-electron chi connectivity index (χ2n) is 8.10. The number of fused-ring (bicyclic) bond motifs is 2. The summed E-state index contributed by atoms with van der Waals surface area (Å²) in [5.41, 5.74) is 1.52. The van der Waals surface area contributed by atoms with Gasteiger partial charge in [0.2, 0.25) is 5.79 Å². The van der Waals surface area contributed by atoms with E-state index < -0.39 is 22.2 Å². The van der Waals surface area contributed by atoms with E-state index in [1.54, 1.807) is 0 Å². The first kappa shape index (κ1) is 21.3. The molecule has 0 spiro atoms. The summed E-state index contributed by atoms with van der Waals surface area (Å²) < 4.78 is 11.5. The fraction of sp³-hybridized carbons (Fsp3) is 0.571. The van der Waals surface area contributed by atoms with Gasteiger partial charge < -0.3 is 24.9 Å². The topological polar surface area (TPSA) is 103 Å². The quantitative estimate of drug-likeness (QED) is 0.297. The van der Waals surface area contributed by atoms with Gasteiger partial charge in [0, 0.05) is 26.7 Å². The maximum Gasteiger partial charge on any atom is 0.294 e. The highest BCUT2D eigenvalue weighted by Crippen LogP contribution is 2.52. The number of nitrogens with zero attached hydrogens (tertiary/aromatic N) is 1. The lowest BCUT2D eigenvalue weighted by Crippen LogP contribution is -2.73. The largest absolute Gasteiger partial charge is 0.366 e. The summed E-state index contributed by atoms with van der Waals surface area (Å²) in [6.45, 7) is 4.46. The molecule has 1 heterocycles. The molecule has 1 fully saturated rings. The van der Waals surface area contributed by atoms with Gasteiger partial charge in [-0.3, -0.25) is 10.1 Å². The van der Waals surface area contributed by atoms with Crippen LogP contribution in [0.3, 0.4) is 0 Å². The minimum atomic E-state index is -1.23. The van der Waals surface area contributed by atoms with Crippen molar-refractivity contribution in [1.82, 2.24) is 10.6 Å².